The van der Waals surface area contributed by atoms with Crippen molar-refractivity contribution in [2.24, 2.45) is 0 Å². The minimum atomic E-state index is -0.493. The monoisotopic (exact) mass is 571 g/mol. The third-order valence-corrected chi connectivity index (χ3v) is 7.14. The summed E-state index contributed by atoms with van der Waals surface area (Å²) in [7, 11) is 0. The van der Waals surface area contributed by atoms with E-state index in [0.29, 0.717) is 53.8 Å². The van der Waals surface area contributed by atoms with E-state index in [0.717, 1.165) is 11.3 Å². The number of piperazine rings is 1. The van der Waals surface area contributed by atoms with E-state index in [1.807, 2.05) is 47.4 Å². The molecule has 41 heavy (non-hydrogen) atoms. The molecule has 1 aliphatic rings. The van der Waals surface area contributed by atoms with Crippen LogP contribution in [0, 0.1) is 0 Å². The van der Waals surface area contributed by atoms with Crippen LogP contribution in [0.5, 0.6) is 0 Å². The molecule has 2 amide bonds. The van der Waals surface area contributed by atoms with Crippen LogP contribution in [0.15, 0.2) is 78.9 Å². The first-order valence-electron chi connectivity index (χ1n) is 13.4. The van der Waals surface area contributed by atoms with Gasteiger partial charge in [0.15, 0.2) is 5.69 Å². The van der Waals surface area contributed by atoms with Crippen molar-refractivity contribution in [2.75, 3.05) is 43.0 Å². The van der Waals surface area contributed by atoms with Gasteiger partial charge in [-0.25, -0.2) is 9.48 Å². The number of carbonyl (C=O) groups is 3. The van der Waals surface area contributed by atoms with Gasteiger partial charge in [0.2, 0.25) is 5.91 Å². The number of aromatic nitrogens is 2. The lowest BCUT2D eigenvalue weighted by molar-refractivity contribution is -0.114. The van der Waals surface area contributed by atoms with Gasteiger partial charge in [-0.3, -0.25) is 9.59 Å². The highest BCUT2D eigenvalue weighted by Crippen LogP contribution is 2.30. The lowest BCUT2D eigenvalue weighted by atomic mass is 10.1. The maximum atomic E-state index is 13.0. The van der Waals surface area contributed by atoms with Crippen LogP contribution in [0.3, 0.4) is 0 Å². The second-order valence-electron chi connectivity index (χ2n) is 9.58. The van der Waals surface area contributed by atoms with E-state index < -0.39 is 5.97 Å². The van der Waals surface area contributed by atoms with E-state index in [9.17, 15) is 14.4 Å². The molecule has 4 aromatic rings. The van der Waals surface area contributed by atoms with Gasteiger partial charge >= 0.3 is 5.97 Å². The molecule has 1 fully saturated rings. The summed E-state index contributed by atoms with van der Waals surface area (Å²) in [6.07, 6.45) is 0. The minimum absolute atomic E-state index is 0.0281. The molecule has 0 aliphatic carbocycles. The standard InChI is InChI=1S/C31H30ClN5O4/c1-3-41-31(40)27-20-29(37(34-27)28-7-5-4-6-26(28)32)22-10-14-25(15-11-22)35-16-18-36(19-17-35)30(39)23-8-12-24(13-9-23)33-21(2)38/h4-15,20H,3,16-19H2,1-2H3,(H,33,38). The van der Waals surface area contributed by atoms with Gasteiger partial charge in [-0.1, -0.05) is 35.9 Å². The zero-order chi connectivity index (χ0) is 28.9. The summed E-state index contributed by atoms with van der Waals surface area (Å²) in [6.45, 7) is 6.03. The molecule has 0 unspecified atom stereocenters. The largest absolute Gasteiger partial charge is 0.461 e. The first-order chi connectivity index (χ1) is 19.8. The van der Waals surface area contributed by atoms with Gasteiger partial charge in [0, 0.05) is 55.6 Å². The summed E-state index contributed by atoms with van der Waals surface area (Å²) in [6, 6.07) is 24.0. The first kappa shape index (κ1) is 27.9. The summed E-state index contributed by atoms with van der Waals surface area (Å²) in [4.78, 5) is 40.8. The Morgan fingerprint density at radius 3 is 2.24 bits per heavy atom. The topological polar surface area (TPSA) is 96.8 Å². The molecular formula is C31H30ClN5O4. The number of hydrogen-bond acceptors (Lipinski definition) is 6. The lowest BCUT2D eigenvalue weighted by Crippen LogP contribution is -2.48. The Morgan fingerprint density at radius 2 is 1.61 bits per heavy atom. The molecule has 1 N–H and O–H groups in total. The van der Waals surface area contributed by atoms with Crippen molar-refractivity contribution >= 4 is 40.8 Å². The van der Waals surface area contributed by atoms with Crippen molar-refractivity contribution < 1.29 is 19.1 Å². The second kappa shape index (κ2) is 12.3. The van der Waals surface area contributed by atoms with Gasteiger partial charge in [-0.2, -0.15) is 5.10 Å². The maximum Gasteiger partial charge on any atom is 0.358 e. The number of anilines is 2. The number of para-hydroxylation sites is 1. The normalized spacial score (nSPS) is 13.1. The summed E-state index contributed by atoms with van der Waals surface area (Å²) in [5.41, 5.74) is 4.74. The Hall–Kier alpha value is -4.63. The Labute approximate surface area is 243 Å². The van der Waals surface area contributed by atoms with Gasteiger partial charge in [-0.15, -0.1) is 0 Å². The number of esters is 1. The van der Waals surface area contributed by atoms with Gasteiger partial charge in [0.1, 0.15) is 0 Å². The zero-order valence-corrected chi connectivity index (χ0v) is 23.6. The Balaban J connectivity index is 1.29. The molecule has 0 saturated carbocycles. The smallest absolute Gasteiger partial charge is 0.358 e. The number of halogens is 1. The molecule has 3 aromatic carbocycles. The van der Waals surface area contributed by atoms with Crippen LogP contribution in [-0.4, -0.2) is 65.2 Å². The van der Waals surface area contributed by atoms with Gasteiger partial charge in [-0.05, 0) is 61.5 Å². The average Bonchev–Trinajstić information content (AvgIpc) is 3.43. The van der Waals surface area contributed by atoms with Crippen molar-refractivity contribution in [1.29, 1.82) is 0 Å². The fourth-order valence-corrected chi connectivity index (χ4v) is 5.01. The molecule has 9 nitrogen and oxygen atoms in total. The van der Waals surface area contributed by atoms with Crippen LogP contribution in [0.4, 0.5) is 11.4 Å². The minimum Gasteiger partial charge on any atom is -0.461 e. The number of carbonyl (C=O) groups excluding carboxylic acids is 3. The van der Waals surface area contributed by atoms with Crippen LogP contribution < -0.4 is 10.2 Å². The van der Waals surface area contributed by atoms with Gasteiger partial charge in [0.05, 0.1) is 23.0 Å². The molecule has 1 saturated heterocycles. The number of amides is 2. The number of hydrogen-bond donors (Lipinski definition) is 1. The quantitative estimate of drug-likeness (QED) is 0.303. The zero-order valence-electron chi connectivity index (χ0n) is 22.8. The third kappa shape index (κ3) is 6.25. The van der Waals surface area contributed by atoms with E-state index >= 15 is 0 Å². The molecule has 2 heterocycles. The molecule has 1 aromatic heterocycles. The van der Waals surface area contributed by atoms with Crippen LogP contribution in [0.2, 0.25) is 5.02 Å². The van der Waals surface area contributed by atoms with Crippen LogP contribution in [-0.2, 0) is 9.53 Å². The molecule has 5 rings (SSSR count). The summed E-state index contributed by atoms with van der Waals surface area (Å²) < 4.78 is 6.84. The number of rotatable bonds is 7. The van der Waals surface area contributed by atoms with Crippen LogP contribution in [0.25, 0.3) is 16.9 Å². The molecule has 0 spiro atoms. The number of nitrogens with zero attached hydrogens (tertiary/aromatic N) is 4. The van der Waals surface area contributed by atoms with Crippen molar-refractivity contribution in [3.05, 3.63) is 95.1 Å². The highest BCUT2D eigenvalue weighted by atomic mass is 35.5. The molecular weight excluding hydrogens is 542 g/mol. The number of benzene rings is 3. The fourth-order valence-electron chi connectivity index (χ4n) is 4.79. The Morgan fingerprint density at radius 1 is 0.927 bits per heavy atom. The van der Waals surface area contributed by atoms with Crippen molar-refractivity contribution in [1.82, 2.24) is 14.7 Å². The highest BCUT2D eigenvalue weighted by molar-refractivity contribution is 6.32. The molecule has 10 heteroatoms. The summed E-state index contributed by atoms with van der Waals surface area (Å²) in [5, 5.41) is 7.73. The maximum absolute atomic E-state index is 13.0. The van der Waals surface area contributed by atoms with E-state index in [4.69, 9.17) is 16.3 Å². The van der Waals surface area contributed by atoms with Crippen molar-refractivity contribution in [2.45, 2.75) is 13.8 Å². The van der Waals surface area contributed by atoms with E-state index in [1.165, 1.54) is 6.92 Å². The third-order valence-electron chi connectivity index (χ3n) is 6.82. The van der Waals surface area contributed by atoms with Gasteiger partial charge < -0.3 is 19.9 Å². The first-order valence-corrected chi connectivity index (χ1v) is 13.8. The lowest BCUT2D eigenvalue weighted by Gasteiger charge is -2.36. The van der Waals surface area contributed by atoms with Crippen molar-refractivity contribution in [3.63, 3.8) is 0 Å². The predicted molar refractivity (Wildman–Crippen MR) is 159 cm³/mol. The van der Waals surface area contributed by atoms with E-state index in [-0.39, 0.29) is 24.1 Å². The van der Waals surface area contributed by atoms with Crippen LogP contribution in [0.1, 0.15) is 34.7 Å². The van der Waals surface area contributed by atoms with E-state index in [2.05, 4.69) is 15.3 Å². The fraction of sp³-hybridized carbons (Fsp3) is 0.226. The average molecular weight is 572 g/mol. The Bertz CT molecular complexity index is 1560. The van der Waals surface area contributed by atoms with Gasteiger partial charge in [0.25, 0.3) is 5.91 Å². The highest BCUT2D eigenvalue weighted by Gasteiger charge is 2.23. The molecule has 210 valence electrons. The van der Waals surface area contributed by atoms with E-state index in [1.54, 1.807) is 48.0 Å². The molecule has 0 atom stereocenters. The Kier molecular flexibility index (Phi) is 8.35. The molecule has 0 radical (unpaired) electrons. The van der Waals surface area contributed by atoms with Crippen LogP contribution >= 0.6 is 11.6 Å². The second-order valence-corrected chi connectivity index (χ2v) is 9.99. The predicted octanol–water partition coefficient (Wildman–Crippen LogP) is 5.29. The summed E-state index contributed by atoms with van der Waals surface area (Å²) in [5.74, 6) is -0.673. The number of ether oxygens (including phenoxy) is 1. The SMILES string of the molecule is CCOC(=O)c1cc(-c2ccc(N3CCN(C(=O)c4ccc(NC(C)=O)cc4)CC3)cc2)n(-c2ccccc2Cl)n1. The van der Waals surface area contributed by atoms with Crippen molar-refractivity contribution in [3.8, 4) is 16.9 Å². The molecule has 1 aliphatic heterocycles. The summed E-state index contributed by atoms with van der Waals surface area (Å²) >= 11 is 6.47. The molecule has 0 bridgehead atoms. The number of nitrogens with one attached hydrogen (secondary N) is 1.